The van der Waals surface area contributed by atoms with Gasteiger partial charge in [0.1, 0.15) is 0 Å². The van der Waals surface area contributed by atoms with Crippen molar-refractivity contribution in [3.8, 4) is 12.1 Å². The molecule has 2 aliphatic carbocycles. The van der Waals surface area contributed by atoms with Crippen LogP contribution in [0.1, 0.15) is 77.6 Å². The van der Waals surface area contributed by atoms with E-state index in [1.165, 1.54) is 32.1 Å². The Hall–Kier alpha value is -1.63. The summed E-state index contributed by atoms with van der Waals surface area (Å²) < 4.78 is 12.2. The van der Waals surface area contributed by atoms with Gasteiger partial charge in [-0.1, -0.05) is 57.8 Å². The Labute approximate surface area is 161 Å². The number of nitrogens with two attached hydrogens (primary N) is 1. The van der Waals surface area contributed by atoms with Crippen LogP contribution >= 0.6 is 0 Å². The van der Waals surface area contributed by atoms with Crippen LogP contribution < -0.4 is 10.7 Å². The zero-order valence-corrected chi connectivity index (χ0v) is 16.4. The van der Waals surface area contributed by atoms with Gasteiger partial charge in [0.05, 0.1) is 24.8 Å². The fourth-order valence-corrected chi connectivity index (χ4v) is 6.41. The van der Waals surface area contributed by atoms with E-state index < -0.39 is 22.2 Å². The number of ether oxygens (including phenoxy) is 2. The molecule has 0 amide bonds. The van der Waals surface area contributed by atoms with E-state index in [1.807, 2.05) is 6.92 Å². The van der Waals surface area contributed by atoms with Crippen LogP contribution in [0.15, 0.2) is 0 Å². The van der Waals surface area contributed by atoms with Gasteiger partial charge in [0.15, 0.2) is 10.8 Å². The smallest absolute Gasteiger partial charge is 0.311 e. The molecule has 2 aliphatic heterocycles. The second-order valence-electron chi connectivity index (χ2n) is 8.88. The molecular formula is C21H31N4O2+. The van der Waals surface area contributed by atoms with E-state index >= 15 is 0 Å². The van der Waals surface area contributed by atoms with Gasteiger partial charge in [0, 0.05) is 5.41 Å². The Kier molecular flexibility index (Phi) is 4.48. The number of nitriles is 2. The monoisotopic (exact) mass is 371 g/mol. The van der Waals surface area contributed by atoms with E-state index in [9.17, 15) is 10.5 Å². The van der Waals surface area contributed by atoms with Crippen LogP contribution in [0.3, 0.4) is 0 Å². The van der Waals surface area contributed by atoms with E-state index in [0.717, 1.165) is 38.5 Å². The molecule has 3 N–H and O–H groups in total. The maximum atomic E-state index is 10.4. The van der Waals surface area contributed by atoms with Crippen LogP contribution in [0.5, 0.6) is 0 Å². The zero-order chi connectivity index (χ0) is 19.2. The summed E-state index contributed by atoms with van der Waals surface area (Å²) in [5.74, 6) is -0.911. The van der Waals surface area contributed by atoms with Gasteiger partial charge in [-0.15, -0.1) is 0 Å². The molecule has 2 saturated carbocycles. The highest BCUT2D eigenvalue weighted by molar-refractivity contribution is 5.95. The van der Waals surface area contributed by atoms with Gasteiger partial charge < -0.3 is 9.47 Å². The van der Waals surface area contributed by atoms with Gasteiger partial charge in [-0.05, 0) is 19.8 Å². The van der Waals surface area contributed by atoms with E-state index in [1.54, 1.807) is 0 Å². The van der Waals surface area contributed by atoms with E-state index in [2.05, 4.69) is 17.1 Å². The van der Waals surface area contributed by atoms with Gasteiger partial charge in [0.2, 0.25) is 0 Å². The molecule has 6 heteroatoms. The Morgan fingerprint density at radius 3 is 1.96 bits per heavy atom. The number of rotatable bonds is 0. The number of hydrogen-bond acceptors (Lipinski definition) is 5. The Balaban J connectivity index is 1.75. The summed E-state index contributed by atoms with van der Waals surface area (Å²) in [4.78, 5) is 3.11. The minimum atomic E-state index is -1.28. The molecule has 0 aromatic heterocycles. The molecule has 0 aromatic carbocycles. The predicted molar refractivity (Wildman–Crippen MR) is 98.7 cm³/mol. The summed E-state index contributed by atoms with van der Waals surface area (Å²) in [6.45, 7) is 2.33. The lowest BCUT2D eigenvalue weighted by Gasteiger charge is -2.30. The van der Waals surface area contributed by atoms with Crippen molar-refractivity contribution in [2.24, 2.45) is 22.0 Å². The van der Waals surface area contributed by atoms with Crippen molar-refractivity contribution in [3.63, 3.8) is 0 Å². The molecule has 4 atom stereocenters. The molecule has 6 nitrogen and oxygen atoms in total. The van der Waals surface area contributed by atoms with E-state index in [-0.39, 0.29) is 6.10 Å². The molecule has 4 aliphatic rings. The van der Waals surface area contributed by atoms with Gasteiger partial charge in [-0.3, -0.25) is 5.73 Å². The summed E-state index contributed by atoms with van der Waals surface area (Å²) in [5, 5.41) is 20.7. The highest BCUT2D eigenvalue weighted by Crippen LogP contribution is 2.86. The Bertz CT molecular complexity index is 711. The fraction of sp³-hybridized carbons (Fsp3) is 0.857. The van der Waals surface area contributed by atoms with Crippen molar-refractivity contribution in [1.82, 2.24) is 0 Å². The lowest BCUT2D eigenvalue weighted by molar-refractivity contribution is -0.680. The van der Waals surface area contributed by atoms with E-state index in [0.29, 0.717) is 12.4 Å². The first-order chi connectivity index (χ1) is 13.1. The fourth-order valence-electron chi connectivity index (χ4n) is 6.41. The standard InChI is InChI=1S/C21H30N4O2/c1-16-13-26-21(27-16)20(15-23)18(19(20,14-22)17(24)25-21)11-9-7-5-3-2-4-6-8-10-12-18/h16H,2-13H2,1H3,(H2,24,25)/p+1/t16-,19-,20+,21+/m0/s1. The molecular weight excluding hydrogens is 340 g/mol. The lowest BCUT2D eigenvalue weighted by Crippen LogP contribution is -2.90. The van der Waals surface area contributed by atoms with Crippen LogP contribution in [0.2, 0.25) is 0 Å². The molecule has 0 bridgehead atoms. The molecule has 1 saturated heterocycles. The Morgan fingerprint density at radius 1 is 0.963 bits per heavy atom. The maximum Gasteiger partial charge on any atom is 0.343 e. The minimum Gasteiger partial charge on any atom is -0.311 e. The summed E-state index contributed by atoms with van der Waals surface area (Å²) >= 11 is 0. The van der Waals surface area contributed by atoms with Gasteiger partial charge in [0.25, 0.3) is 5.84 Å². The molecule has 0 unspecified atom stereocenters. The van der Waals surface area contributed by atoms with Crippen LogP contribution in [0, 0.1) is 38.9 Å². The number of fused-ring (bicyclic) bond motifs is 4. The average Bonchev–Trinajstić information content (AvgIpc) is 2.81. The predicted octanol–water partition coefficient (Wildman–Crippen LogP) is 1.85. The third-order valence-corrected chi connectivity index (χ3v) is 7.56. The Morgan fingerprint density at radius 2 is 1.52 bits per heavy atom. The third-order valence-electron chi connectivity index (χ3n) is 7.56. The van der Waals surface area contributed by atoms with Crippen molar-refractivity contribution in [2.45, 2.75) is 89.6 Å². The molecule has 2 spiro atoms. The van der Waals surface area contributed by atoms with Crippen LogP contribution in [0.25, 0.3) is 0 Å². The SMILES string of the molecule is C[C@H]1CO[C@@]2([NH+]=C(N)[C@@]3(C#N)C4(CCCCCCCCCCC4)[C@@]23C#N)O1. The normalized spacial score (nSPS) is 43.8. The molecule has 0 aromatic rings. The number of hydrogen-bond donors (Lipinski definition) is 2. The second kappa shape index (κ2) is 6.47. The van der Waals surface area contributed by atoms with Gasteiger partial charge in [-0.25, -0.2) is 4.99 Å². The molecule has 2 heterocycles. The summed E-state index contributed by atoms with van der Waals surface area (Å²) in [5.41, 5.74) is 3.84. The van der Waals surface area contributed by atoms with Crippen LogP contribution in [-0.2, 0) is 9.47 Å². The molecule has 0 radical (unpaired) electrons. The largest absolute Gasteiger partial charge is 0.343 e. The summed E-state index contributed by atoms with van der Waals surface area (Å²) in [6.07, 6.45) is 12.2. The highest BCUT2D eigenvalue weighted by Gasteiger charge is 3.03. The molecule has 4 rings (SSSR count). The number of amidine groups is 1. The zero-order valence-electron chi connectivity index (χ0n) is 16.4. The maximum absolute atomic E-state index is 10.4. The number of nitrogens with one attached hydrogen (secondary N) is 1. The lowest BCUT2D eigenvalue weighted by atomic mass is 9.80. The van der Waals surface area contributed by atoms with Crippen molar-refractivity contribution in [3.05, 3.63) is 0 Å². The van der Waals surface area contributed by atoms with E-state index in [4.69, 9.17) is 15.2 Å². The van der Waals surface area contributed by atoms with Crippen molar-refractivity contribution in [2.75, 3.05) is 6.61 Å². The first kappa shape index (κ1) is 18.7. The molecule has 27 heavy (non-hydrogen) atoms. The number of nitrogens with zero attached hydrogens (tertiary/aromatic N) is 2. The first-order valence-corrected chi connectivity index (χ1v) is 10.6. The minimum absolute atomic E-state index is 0.131. The van der Waals surface area contributed by atoms with Gasteiger partial charge in [-0.2, -0.15) is 10.5 Å². The topological polar surface area (TPSA) is 106 Å². The van der Waals surface area contributed by atoms with Crippen molar-refractivity contribution < 1.29 is 14.5 Å². The highest BCUT2D eigenvalue weighted by atomic mass is 16.8. The van der Waals surface area contributed by atoms with Crippen molar-refractivity contribution >= 4 is 5.84 Å². The third kappa shape index (κ3) is 2.09. The molecule has 146 valence electrons. The molecule has 3 fully saturated rings. The second-order valence-corrected chi connectivity index (χ2v) is 8.88. The summed E-state index contributed by atoms with van der Waals surface area (Å²) in [7, 11) is 0. The van der Waals surface area contributed by atoms with Gasteiger partial charge >= 0.3 is 5.91 Å². The average molecular weight is 372 g/mol. The quantitative estimate of drug-likeness (QED) is 0.676. The first-order valence-electron chi connectivity index (χ1n) is 10.6. The van der Waals surface area contributed by atoms with Crippen LogP contribution in [0.4, 0.5) is 0 Å². The summed E-state index contributed by atoms with van der Waals surface area (Å²) in [6, 6.07) is 5.01. The van der Waals surface area contributed by atoms with Crippen molar-refractivity contribution in [1.29, 1.82) is 10.5 Å². The van der Waals surface area contributed by atoms with Crippen LogP contribution in [-0.4, -0.2) is 24.5 Å².